The first kappa shape index (κ1) is 9.67. The summed E-state index contributed by atoms with van der Waals surface area (Å²) in [6.45, 7) is 3.94. The predicted octanol–water partition coefficient (Wildman–Crippen LogP) is 4.69. The van der Waals surface area contributed by atoms with Gasteiger partial charge in [-0.3, -0.25) is 0 Å². The number of nitrogens with one attached hydrogen (secondary N) is 1. The Labute approximate surface area is 102 Å². The van der Waals surface area contributed by atoms with Crippen molar-refractivity contribution in [2.45, 2.75) is 0 Å². The lowest BCUT2D eigenvalue weighted by atomic mass is 10.1. The van der Waals surface area contributed by atoms with Crippen LogP contribution in [-0.2, 0) is 0 Å². The Morgan fingerprint density at radius 2 is 1.75 bits per heavy atom. The van der Waals surface area contributed by atoms with E-state index in [2.05, 4.69) is 63.9 Å². The lowest BCUT2D eigenvalue weighted by Gasteiger charge is -1.99. The zero-order valence-electron chi connectivity index (χ0n) is 8.63. The first-order chi connectivity index (χ1) is 7.77. The van der Waals surface area contributed by atoms with Crippen LogP contribution in [0.3, 0.4) is 0 Å². The number of hydrogen-bond donors (Lipinski definition) is 1. The third-order valence-electron chi connectivity index (χ3n) is 2.83. The van der Waals surface area contributed by atoms with Crippen LogP contribution in [0.2, 0.25) is 0 Å². The Bertz CT molecular complexity index is 694. The van der Waals surface area contributed by atoms with Gasteiger partial charge in [-0.15, -0.1) is 0 Å². The number of H-pyrrole nitrogens is 1. The molecule has 0 aliphatic rings. The average Bonchev–Trinajstić information content (AvgIpc) is 2.67. The highest BCUT2D eigenvalue weighted by molar-refractivity contribution is 9.15. The number of hydrogen-bond acceptors (Lipinski definition) is 0. The Morgan fingerprint density at radius 3 is 2.56 bits per heavy atom. The standard InChI is InChI=1S/C14H10BrN/c1-9(15)10-6-4-7-12-11-5-2-3-8-13(11)16-14(10)12/h2-8,16H,1H2. The number of benzene rings is 2. The molecule has 0 unspecified atom stereocenters. The van der Waals surface area contributed by atoms with Crippen LogP contribution in [0.4, 0.5) is 0 Å². The van der Waals surface area contributed by atoms with Gasteiger partial charge in [-0.25, -0.2) is 0 Å². The van der Waals surface area contributed by atoms with E-state index < -0.39 is 0 Å². The van der Waals surface area contributed by atoms with Crippen LogP contribution in [0, 0.1) is 0 Å². The van der Waals surface area contributed by atoms with E-state index in [-0.39, 0.29) is 0 Å². The summed E-state index contributed by atoms with van der Waals surface area (Å²) >= 11 is 3.45. The smallest absolute Gasteiger partial charge is 0.0549 e. The Balaban J connectivity index is 2.54. The fourth-order valence-corrected chi connectivity index (χ4v) is 2.43. The quantitative estimate of drug-likeness (QED) is 0.661. The molecule has 2 aromatic carbocycles. The maximum Gasteiger partial charge on any atom is 0.0549 e. The van der Waals surface area contributed by atoms with Crippen LogP contribution in [0.15, 0.2) is 49.0 Å². The summed E-state index contributed by atoms with van der Waals surface area (Å²) in [6.07, 6.45) is 0. The highest BCUT2D eigenvalue weighted by Gasteiger charge is 2.07. The summed E-state index contributed by atoms with van der Waals surface area (Å²) in [5.41, 5.74) is 3.43. The molecule has 0 bridgehead atoms. The van der Waals surface area contributed by atoms with Gasteiger partial charge >= 0.3 is 0 Å². The second-order valence-electron chi connectivity index (χ2n) is 3.80. The molecular formula is C14H10BrN. The van der Waals surface area contributed by atoms with Crippen LogP contribution < -0.4 is 0 Å². The number of fused-ring (bicyclic) bond motifs is 3. The van der Waals surface area contributed by atoms with Gasteiger partial charge in [0.25, 0.3) is 0 Å². The van der Waals surface area contributed by atoms with E-state index in [1.54, 1.807) is 0 Å². The third-order valence-corrected chi connectivity index (χ3v) is 3.26. The zero-order valence-corrected chi connectivity index (χ0v) is 10.2. The van der Waals surface area contributed by atoms with E-state index in [0.717, 1.165) is 15.6 Å². The maximum atomic E-state index is 3.94. The Morgan fingerprint density at radius 1 is 1.00 bits per heavy atom. The van der Waals surface area contributed by atoms with Crippen LogP contribution in [0.5, 0.6) is 0 Å². The summed E-state index contributed by atoms with van der Waals surface area (Å²) in [7, 11) is 0. The van der Waals surface area contributed by atoms with Gasteiger partial charge in [0.2, 0.25) is 0 Å². The van der Waals surface area contributed by atoms with Crippen molar-refractivity contribution in [1.29, 1.82) is 0 Å². The SMILES string of the molecule is C=C(Br)c1cccc2c1[nH]c1ccccc12. The van der Waals surface area contributed by atoms with Gasteiger partial charge in [-0.05, 0) is 6.07 Å². The van der Waals surface area contributed by atoms with E-state index in [9.17, 15) is 0 Å². The van der Waals surface area contributed by atoms with E-state index in [0.29, 0.717) is 0 Å². The molecule has 0 radical (unpaired) electrons. The van der Waals surface area contributed by atoms with Gasteiger partial charge < -0.3 is 4.98 Å². The van der Waals surface area contributed by atoms with Crippen molar-refractivity contribution < 1.29 is 0 Å². The minimum atomic E-state index is 0.907. The molecule has 78 valence electrons. The van der Waals surface area contributed by atoms with Crippen molar-refractivity contribution in [3.63, 3.8) is 0 Å². The van der Waals surface area contributed by atoms with Gasteiger partial charge in [0.15, 0.2) is 0 Å². The average molecular weight is 272 g/mol. The first-order valence-electron chi connectivity index (χ1n) is 5.11. The van der Waals surface area contributed by atoms with E-state index in [1.807, 2.05) is 6.07 Å². The number of aromatic nitrogens is 1. The van der Waals surface area contributed by atoms with Gasteiger partial charge in [-0.2, -0.15) is 0 Å². The topological polar surface area (TPSA) is 15.8 Å². The third kappa shape index (κ3) is 1.30. The Kier molecular flexibility index (Phi) is 2.11. The van der Waals surface area contributed by atoms with E-state index in [1.165, 1.54) is 16.3 Å². The van der Waals surface area contributed by atoms with Crippen molar-refractivity contribution >= 4 is 42.2 Å². The normalized spacial score (nSPS) is 11.1. The lowest BCUT2D eigenvalue weighted by molar-refractivity contribution is 1.53. The first-order valence-corrected chi connectivity index (χ1v) is 5.91. The minimum absolute atomic E-state index is 0.907. The summed E-state index contributed by atoms with van der Waals surface area (Å²) in [5.74, 6) is 0. The summed E-state index contributed by atoms with van der Waals surface area (Å²) in [5, 5.41) is 2.50. The molecule has 1 heterocycles. The molecule has 0 fully saturated rings. The van der Waals surface area contributed by atoms with Crippen molar-refractivity contribution in [3.8, 4) is 0 Å². The predicted molar refractivity (Wildman–Crippen MR) is 73.8 cm³/mol. The summed E-state index contributed by atoms with van der Waals surface area (Å²) in [4.78, 5) is 3.44. The molecule has 0 amide bonds. The molecule has 1 aromatic heterocycles. The fourth-order valence-electron chi connectivity index (χ4n) is 2.10. The summed E-state index contributed by atoms with van der Waals surface area (Å²) in [6, 6.07) is 14.6. The molecule has 0 atom stereocenters. The van der Waals surface area contributed by atoms with Gasteiger partial charge in [0.1, 0.15) is 0 Å². The number of aromatic amines is 1. The fraction of sp³-hybridized carbons (Fsp3) is 0. The zero-order chi connectivity index (χ0) is 11.1. The highest BCUT2D eigenvalue weighted by Crippen LogP contribution is 2.31. The van der Waals surface area contributed by atoms with Gasteiger partial charge in [-0.1, -0.05) is 58.9 Å². The van der Waals surface area contributed by atoms with Gasteiger partial charge in [0.05, 0.1) is 5.52 Å². The molecule has 1 nitrogen and oxygen atoms in total. The van der Waals surface area contributed by atoms with E-state index >= 15 is 0 Å². The monoisotopic (exact) mass is 271 g/mol. The largest absolute Gasteiger partial charge is 0.354 e. The number of rotatable bonds is 1. The van der Waals surface area contributed by atoms with Crippen LogP contribution in [0.25, 0.3) is 26.3 Å². The molecule has 0 saturated heterocycles. The van der Waals surface area contributed by atoms with Crippen molar-refractivity contribution in [2.75, 3.05) is 0 Å². The molecule has 0 spiro atoms. The van der Waals surface area contributed by atoms with Crippen LogP contribution in [-0.4, -0.2) is 4.98 Å². The molecule has 0 aliphatic heterocycles. The van der Waals surface area contributed by atoms with Gasteiger partial charge in [0, 0.05) is 26.3 Å². The Hall–Kier alpha value is -1.54. The van der Waals surface area contributed by atoms with E-state index in [4.69, 9.17) is 0 Å². The molecule has 0 aliphatic carbocycles. The van der Waals surface area contributed by atoms with Crippen molar-refractivity contribution in [2.24, 2.45) is 0 Å². The second-order valence-corrected chi connectivity index (χ2v) is 4.76. The number of para-hydroxylation sites is 2. The molecule has 2 heteroatoms. The number of halogens is 1. The van der Waals surface area contributed by atoms with Crippen LogP contribution in [0.1, 0.15) is 5.56 Å². The van der Waals surface area contributed by atoms with Crippen LogP contribution >= 0.6 is 15.9 Å². The molecule has 3 aromatic rings. The van der Waals surface area contributed by atoms with Crippen molar-refractivity contribution in [1.82, 2.24) is 4.98 Å². The molecule has 0 saturated carbocycles. The van der Waals surface area contributed by atoms with Crippen molar-refractivity contribution in [3.05, 3.63) is 54.6 Å². The maximum absolute atomic E-state index is 3.94. The summed E-state index contributed by atoms with van der Waals surface area (Å²) < 4.78 is 0.907. The second kappa shape index (κ2) is 3.49. The highest BCUT2D eigenvalue weighted by atomic mass is 79.9. The molecular weight excluding hydrogens is 262 g/mol. The molecule has 16 heavy (non-hydrogen) atoms. The molecule has 3 rings (SSSR count). The lowest BCUT2D eigenvalue weighted by Crippen LogP contribution is -1.77. The minimum Gasteiger partial charge on any atom is -0.354 e. The molecule has 1 N–H and O–H groups in total.